The van der Waals surface area contributed by atoms with Crippen LogP contribution < -0.4 is 14.8 Å². The smallest absolute Gasteiger partial charge is 0.417 e. The minimum absolute atomic E-state index is 0.0620. The molecule has 138 valence electrons. The molecule has 0 bridgehead atoms. The number of alkyl halides is 3. The van der Waals surface area contributed by atoms with E-state index in [2.05, 4.69) is 5.32 Å². The molecule has 0 heterocycles. The zero-order valence-corrected chi connectivity index (χ0v) is 14.0. The molecular weight excluding hydrogens is 347 g/mol. The maximum absolute atomic E-state index is 13.2. The molecule has 7 heteroatoms. The lowest BCUT2D eigenvalue weighted by atomic mass is 10.1. The van der Waals surface area contributed by atoms with E-state index in [1.165, 1.54) is 31.4 Å². The van der Waals surface area contributed by atoms with E-state index in [0.717, 1.165) is 0 Å². The van der Waals surface area contributed by atoms with E-state index >= 15 is 0 Å². The van der Waals surface area contributed by atoms with Gasteiger partial charge in [-0.1, -0.05) is 36.4 Å². The van der Waals surface area contributed by atoms with Gasteiger partial charge in [-0.2, -0.15) is 13.2 Å². The number of hydrogen-bond acceptors (Lipinski definition) is 3. The molecule has 0 atom stereocenters. The molecule has 2 aromatic rings. The molecule has 0 radical (unpaired) electrons. The van der Waals surface area contributed by atoms with Gasteiger partial charge in [0.25, 0.3) is 0 Å². The van der Waals surface area contributed by atoms with Crippen LogP contribution in [-0.4, -0.2) is 32.3 Å². The fraction of sp³-hybridized carbons (Fsp3) is 0.211. The van der Waals surface area contributed by atoms with Gasteiger partial charge < -0.3 is 14.8 Å². The van der Waals surface area contributed by atoms with Crippen LogP contribution in [0.4, 0.5) is 13.2 Å². The second-order valence-electron chi connectivity index (χ2n) is 5.24. The highest BCUT2D eigenvalue weighted by molar-refractivity contribution is 5.96. The van der Waals surface area contributed by atoms with Gasteiger partial charge in [0.15, 0.2) is 0 Å². The minimum atomic E-state index is -4.63. The Kier molecular flexibility index (Phi) is 6.66. The zero-order chi connectivity index (χ0) is 19.0. The van der Waals surface area contributed by atoms with Gasteiger partial charge in [-0.05, 0) is 17.7 Å². The number of carbonyl (C=O) groups excluding carboxylic acids is 1. The first-order valence-corrected chi connectivity index (χ1v) is 7.79. The predicted octanol–water partition coefficient (Wildman–Crippen LogP) is 3.84. The lowest BCUT2D eigenvalue weighted by Gasteiger charge is -2.12. The van der Waals surface area contributed by atoms with Gasteiger partial charge in [0, 0.05) is 12.1 Å². The number of hydrogen-bond donors (Lipinski definition) is 1. The highest BCUT2D eigenvalue weighted by Crippen LogP contribution is 2.33. The van der Waals surface area contributed by atoms with Crippen molar-refractivity contribution in [3.8, 4) is 11.5 Å². The summed E-state index contributed by atoms with van der Waals surface area (Å²) in [6.07, 6.45) is -4.07. The summed E-state index contributed by atoms with van der Waals surface area (Å²) in [5, 5.41) is 2.38. The molecule has 0 fully saturated rings. The molecule has 0 unspecified atom stereocenters. The summed E-state index contributed by atoms with van der Waals surface area (Å²) in [4.78, 5) is 11.8. The molecule has 0 aliphatic heterocycles. The fourth-order valence-electron chi connectivity index (χ4n) is 2.16. The maximum atomic E-state index is 13.2. The molecule has 0 saturated heterocycles. The summed E-state index contributed by atoms with van der Waals surface area (Å²) in [7, 11) is 1.52. The van der Waals surface area contributed by atoms with Crippen LogP contribution >= 0.6 is 0 Å². The predicted molar refractivity (Wildman–Crippen MR) is 92.0 cm³/mol. The number of allylic oxidation sites excluding steroid dienone is 1. The van der Waals surface area contributed by atoms with Crippen molar-refractivity contribution < 1.29 is 27.4 Å². The van der Waals surface area contributed by atoms with E-state index in [1.807, 2.05) is 0 Å². The van der Waals surface area contributed by atoms with E-state index in [-0.39, 0.29) is 18.7 Å². The number of carbonyl (C=O) groups is 1. The Labute approximate surface area is 149 Å². The lowest BCUT2D eigenvalue weighted by Crippen LogP contribution is -2.27. The molecule has 0 aromatic heterocycles. The summed E-state index contributed by atoms with van der Waals surface area (Å²) < 4.78 is 50.0. The molecule has 2 aromatic carbocycles. The largest absolute Gasteiger partial charge is 0.497 e. The third-order valence-corrected chi connectivity index (χ3v) is 3.38. The third kappa shape index (κ3) is 5.84. The lowest BCUT2D eigenvalue weighted by molar-refractivity contribution is -0.117. The van der Waals surface area contributed by atoms with Gasteiger partial charge in [0.1, 0.15) is 18.1 Å². The Morgan fingerprint density at radius 1 is 1.08 bits per heavy atom. The molecule has 0 aliphatic rings. The van der Waals surface area contributed by atoms with Crippen molar-refractivity contribution in [1.29, 1.82) is 0 Å². The third-order valence-electron chi connectivity index (χ3n) is 3.38. The molecular formula is C19H18F3NO3. The Bertz CT molecular complexity index is 758. The van der Waals surface area contributed by atoms with Crippen molar-refractivity contribution in [3.63, 3.8) is 0 Å². The van der Waals surface area contributed by atoms with Gasteiger partial charge in [-0.15, -0.1) is 0 Å². The molecule has 0 spiro atoms. The van der Waals surface area contributed by atoms with E-state index in [0.29, 0.717) is 17.6 Å². The quantitative estimate of drug-likeness (QED) is 0.599. The number of nitrogens with one attached hydrogen (secondary N) is 1. The Morgan fingerprint density at radius 2 is 1.77 bits per heavy atom. The Morgan fingerprint density at radius 3 is 2.42 bits per heavy atom. The highest BCUT2D eigenvalue weighted by Gasteiger charge is 2.35. The van der Waals surface area contributed by atoms with E-state index < -0.39 is 17.7 Å². The standard InChI is InChI=1S/C19H18F3NO3/c1-25-15-8-5-9-16(12-15)26-11-10-23-18(24)13-17(19(20,21)22)14-6-3-2-4-7-14/h2-9,12-13H,10-11H2,1H3,(H,23,24)/b17-13-. The molecule has 0 saturated carbocycles. The summed E-state index contributed by atoms with van der Waals surface area (Å²) in [5.74, 6) is 0.317. The minimum Gasteiger partial charge on any atom is -0.497 e. The second kappa shape index (κ2) is 8.94. The summed E-state index contributed by atoms with van der Waals surface area (Å²) >= 11 is 0. The van der Waals surface area contributed by atoms with Crippen LogP contribution in [-0.2, 0) is 4.79 Å². The molecule has 4 nitrogen and oxygen atoms in total. The topological polar surface area (TPSA) is 47.6 Å². The number of methoxy groups -OCH3 is 1. The van der Waals surface area contributed by atoms with Crippen LogP contribution in [0, 0.1) is 0 Å². The molecule has 26 heavy (non-hydrogen) atoms. The van der Waals surface area contributed by atoms with E-state index in [9.17, 15) is 18.0 Å². The monoisotopic (exact) mass is 365 g/mol. The van der Waals surface area contributed by atoms with Crippen LogP contribution in [0.5, 0.6) is 11.5 Å². The van der Waals surface area contributed by atoms with Gasteiger partial charge in [-0.25, -0.2) is 0 Å². The number of ether oxygens (including phenoxy) is 2. The van der Waals surface area contributed by atoms with Crippen molar-refractivity contribution in [2.75, 3.05) is 20.3 Å². The van der Waals surface area contributed by atoms with Gasteiger partial charge in [-0.3, -0.25) is 4.79 Å². The average Bonchev–Trinajstić information content (AvgIpc) is 2.63. The van der Waals surface area contributed by atoms with Crippen molar-refractivity contribution in [1.82, 2.24) is 5.32 Å². The second-order valence-corrected chi connectivity index (χ2v) is 5.24. The van der Waals surface area contributed by atoms with Crippen LogP contribution in [0.15, 0.2) is 60.7 Å². The summed E-state index contributed by atoms with van der Waals surface area (Å²) in [6, 6.07) is 14.0. The Balaban J connectivity index is 1.92. The van der Waals surface area contributed by atoms with Crippen LogP contribution in [0.2, 0.25) is 0 Å². The van der Waals surface area contributed by atoms with Gasteiger partial charge in [0.05, 0.1) is 19.2 Å². The van der Waals surface area contributed by atoms with Crippen molar-refractivity contribution in [2.45, 2.75) is 6.18 Å². The highest BCUT2D eigenvalue weighted by atomic mass is 19.4. The molecule has 1 amide bonds. The van der Waals surface area contributed by atoms with E-state index in [4.69, 9.17) is 9.47 Å². The van der Waals surface area contributed by atoms with Crippen LogP contribution in [0.3, 0.4) is 0 Å². The van der Waals surface area contributed by atoms with E-state index in [1.54, 1.807) is 30.3 Å². The first-order chi connectivity index (χ1) is 12.4. The molecule has 2 rings (SSSR count). The summed E-state index contributed by atoms with van der Waals surface area (Å²) in [5.41, 5.74) is -1.06. The Hall–Kier alpha value is -2.96. The average molecular weight is 365 g/mol. The number of benzene rings is 2. The molecule has 0 aliphatic carbocycles. The fourth-order valence-corrected chi connectivity index (χ4v) is 2.16. The van der Waals surface area contributed by atoms with Crippen molar-refractivity contribution in [2.24, 2.45) is 0 Å². The zero-order valence-electron chi connectivity index (χ0n) is 14.0. The first-order valence-electron chi connectivity index (χ1n) is 7.79. The number of amides is 1. The SMILES string of the molecule is COc1cccc(OCCNC(=O)/C=C(/c2ccccc2)C(F)(F)F)c1. The van der Waals surface area contributed by atoms with Gasteiger partial charge >= 0.3 is 6.18 Å². The normalized spacial score (nSPS) is 11.8. The van der Waals surface area contributed by atoms with Crippen LogP contribution in [0.25, 0.3) is 5.57 Å². The molecule has 1 N–H and O–H groups in total. The number of halogens is 3. The van der Waals surface area contributed by atoms with Crippen molar-refractivity contribution >= 4 is 11.5 Å². The van der Waals surface area contributed by atoms with Crippen molar-refractivity contribution in [3.05, 3.63) is 66.2 Å². The number of rotatable bonds is 7. The van der Waals surface area contributed by atoms with Gasteiger partial charge in [0.2, 0.25) is 5.91 Å². The summed E-state index contributed by atoms with van der Waals surface area (Å²) in [6.45, 7) is 0.173. The maximum Gasteiger partial charge on any atom is 0.417 e. The first kappa shape index (κ1) is 19.4. The van der Waals surface area contributed by atoms with Crippen LogP contribution in [0.1, 0.15) is 5.56 Å².